The van der Waals surface area contributed by atoms with Crippen molar-refractivity contribution in [3.8, 4) is 0 Å². The molecule has 0 unspecified atom stereocenters. The van der Waals surface area contributed by atoms with E-state index in [4.69, 9.17) is 34.0 Å². The van der Waals surface area contributed by atoms with Crippen molar-refractivity contribution in [1.29, 1.82) is 0 Å². The summed E-state index contributed by atoms with van der Waals surface area (Å²) in [5.74, 6) is 0. The monoisotopic (exact) mass is 233 g/mol. The van der Waals surface area contributed by atoms with E-state index in [9.17, 15) is 0 Å². The highest BCUT2D eigenvalue weighted by atomic mass is 35.5. The van der Waals surface area contributed by atoms with Crippen molar-refractivity contribution >= 4 is 23.2 Å². The molecule has 4 heteroatoms. The molecule has 0 saturated carbocycles. The minimum Gasteiger partial charge on any atom is -0.396 e. The maximum atomic E-state index is 8.66. The largest absolute Gasteiger partial charge is 0.396 e. The van der Waals surface area contributed by atoms with E-state index in [0.29, 0.717) is 16.5 Å². The summed E-state index contributed by atoms with van der Waals surface area (Å²) in [6, 6.07) is 5.16. The first-order chi connectivity index (χ1) is 6.63. The summed E-state index contributed by atoms with van der Waals surface area (Å²) in [4.78, 5) is 0. The molecular weight excluding hydrogens is 221 g/mol. The summed E-state index contributed by atoms with van der Waals surface area (Å²) in [5, 5.41) is 9.84. The van der Waals surface area contributed by atoms with Gasteiger partial charge in [0.15, 0.2) is 0 Å². The van der Waals surface area contributed by atoms with Crippen LogP contribution in [-0.4, -0.2) is 11.7 Å². The van der Waals surface area contributed by atoms with Crippen LogP contribution < -0.4 is 5.73 Å². The van der Waals surface area contributed by atoms with Crippen LogP contribution in [0.2, 0.25) is 10.0 Å². The van der Waals surface area contributed by atoms with E-state index in [2.05, 4.69) is 0 Å². The Morgan fingerprint density at radius 1 is 1.21 bits per heavy atom. The lowest BCUT2D eigenvalue weighted by Gasteiger charge is -2.11. The second-order valence-electron chi connectivity index (χ2n) is 3.18. The number of aliphatic hydroxyl groups is 1. The SMILES string of the molecule is N[C@H](CCCO)c1cc(Cl)cc(Cl)c1. The lowest BCUT2D eigenvalue weighted by atomic mass is 10.0. The molecule has 0 fully saturated rings. The third-order valence-corrected chi connectivity index (χ3v) is 2.42. The van der Waals surface area contributed by atoms with E-state index >= 15 is 0 Å². The molecule has 1 aromatic carbocycles. The highest BCUT2D eigenvalue weighted by Gasteiger charge is 2.07. The summed E-state index contributed by atoms with van der Waals surface area (Å²) in [7, 11) is 0. The zero-order chi connectivity index (χ0) is 10.6. The lowest BCUT2D eigenvalue weighted by Crippen LogP contribution is -2.10. The molecule has 0 heterocycles. The quantitative estimate of drug-likeness (QED) is 0.841. The molecular formula is C10H13Cl2NO. The van der Waals surface area contributed by atoms with E-state index in [1.165, 1.54) is 0 Å². The maximum absolute atomic E-state index is 8.66. The van der Waals surface area contributed by atoms with Crippen LogP contribution in [0.3, 0.4) is 0 Å². The van der Waals surface area contributed by atoms with Gasteiger partial charge in [0.1, 0.15) is 0 Å². The number of benzene rings is 1. The van der Waals surface area contributed by atoms with Crippen molar-refractivity contribution in [2.75, 3.05) is 6.61 Å². The van der Waals surface area contributed by atoms with Crippen LogP contribution in [0.15, 0.2) is 18.2 Å². The molecule has 0 spiro atoms. The highest BCUT2D eigenvalue weighted by Crippen LogP contribution is 2.24. The fourth-order valence-corrected chi connectivity index (χ4v) is 1.81. The summed E-state index contributed by atoms with van der Waals surface area (Å²) in [6.45, 7) is 0.155. The van der Waals surface area contributed by atoms with Crippen LogP contribution >= 0.6 is 23.2 Å². The van der Waals surface area contributed by atoms with Gasteiger partial charge in [-0.2, -0.15) is 0 Å². The minimum atomic E-state index is -0.113. The van der Waals surface area contributed by atoms with Crippen LogP contribution in [0, 0.1) is 0 Å². The Kier molecular flexibility index (Phi) is 4.69. The zero-order valence-electron chi connectivity index (χ0n) is 7.71. The summed E-state index contributed by atoms with van der Waals surface area (Å²) in [6.07, 6.45) is 1.42. The van der Waals surface area contributed by atoms with Crippen molar-refractivity contribution in [3.63, 3.8) is 0 Å². The average Bonchev–Trinajstić information content (AvgIpc) is 2.12. The molecule has 1 atom stereocenters. The van der Waals surface area contributed by atoms with Gasteiger partial charge in [-0.15, -0.1) is 0 Å². The molecule has 1 aromatic rings. The second-order valence-corrected chi connectivity index (χ2v) is 4.05. The molecule has 78 valence electrons. The average molecular weight is 234 g/mol. The van der Waals surface area contributed by atoms with Crippen LogP contribution in [0.5, 0.6) is 0 Å². The summed E-state index contributed by atoms with van der Waals surface area (Å²) < 4.78 is 0. The van der Waals surface area contributed by atoms with E-state index in [1.54, 1.807) is 18.2 Å². The van der Waals surface area contributed by atoms with Crippen LogP contribution in [0.1, 0.15) is 24.4 Å². The van der Waals surface area contributed by atoms with Crippen LogP contribution in [0.25, 0.3) is 0 Å². The predicted molar refractivity (Wildman–Crippen MR) is 59.7 cm³/mol. The van der Waals surface area contributed by atoms with Crippen molar-refractivity contribution in [2.24, 2.45) is 5.73 Å². The van der Waals surface area contributed by atoms with Crippen molar-refractivity contribution < 1.29 is 5.11 Å². The number of aliphatic hydroxyl groups excluding tert-OH is 1. The Balaban J connectivity index is 2.73. The summed E-state index contributed by atoms with van der Waals surface area (Å²) in [5.41, 5.74) is 6.80. The molecule has 0 radical (unpaired) electrons. The highest BCUT2D eigenvalue weighted by molar-refractivity contribution is 6.34. The van der Waals surface area contributed by atoms with Gasteiger partial charge in [-0.25, -0.2) is 0 Å². The number of rotatable bonds is 4. The van der Waals surface area contributed by atoms with Gasteiger partial charge in [0.05, 0.1) is 0 Å². The zero-order valence-corrected chi connectivity index (χ0v) is 9.22. The van der Waals surface area contributed by atoms with E-state index in [-0.39, 0.29) is 12.6 Å². The topological polar surface area (TPSA) is 46.2 Å². The van der Waals surface area contributed by atoms with Gasteiger partial charge in [-0.3, -0.25) is 0 Å². The third kappa shape index (κ3) is 3.46. The van der Waals surface area contributed by atoms with Gasteiger partial charge in [-0.1, -0.05) is 23.2 Å². The van der Waals surface area contributed by atoms with Crippen molar-refractivity contribution in [1.82, 2.24) is 0 Å². The van der Waals surface area contributed by atoms with E-state index in [1.807, 2.05) is 0 Å². The Labute approximate surface area is 93.6 Å². The molecule has 0 saturated heterocycles. The first kappa shape index (κ1) is 11.8. The standard InChI is InChI=1S/C10H13Cl2NO/c11-8-4-7(5-9(12)6-8)10(13)2-1-3-14/h4-6,10,14H,1-3,13H2/t10-/m1/s1. The van der Waals surface area contributed by atoms with Gasteiger partial charge in [0, 0.05) is 22.7 Å². The van der Waals surface area contributed by atoms with Gasteiger partial charge in [-0.05, 0) is 36.6 Å². The molecule has 2 nitrogen and oxygen atoms in total. The predicted octanol–water partition coefficient (Wildman–Crippen LogP) is 2.77. The molecule has 3 N–H and O–H groups in total. The fourth-order valence-electron chi connectivity index (χ4n) is 1.27. The molecule has 14 heavy (non-hydrogen) atoms. The van der Waals surface area contributed by atoms with Gasteiger partial charge in [0.25, 0.3) is 0 Å². The molecule has 0 aliphatic heterocycles. The lowest BCUT2D eigenvalue weighted by molar-refractivity contribution is 0.280. The van der Waals surface area contributed by atoms with E-state index < -0.39 is 0 Å². The Morgan fingerprint density at radius 3 is 2.29 bits per heavy atom. The Morgan fingerprint density at radius 2 is 1.79 bits per heavy atom. The Bertz CT molecular complexity index is 284. The third-order valence-electron chi connectivity index (χ3n) is 1.99. The van der Waals surface area contributed by atoms with E-state index in [0.717, 1.165) is 12.0 Å². The molecule has 0 aromatic heterocycles. The van der Waals surface area contributed by atoms with Gasteiger partial charge in [0.2, 0.25) is 0 Å². The van der Waals surface area contributed by atoms with Gasteiger partial charge < -0.3 is 10.8 Å². The molecule has 0 aliphatic rings. The minimum absolute atomic E-state index is 0.113. The van der Waals surface area contributed by atoms with Crippen molar-refractivity contribution in [2.45, 2.75) is 18.9 Å². The smallest absolute Gasteiger partial charge is 0.0431 e. The number of hydrogen-bond donors (Lipinski definition) is 2. The number of nitrogens with two attached hydrogens (primary N) is 1. The summed E-state index contributed by atoms with van der Waals surface area (Å²) >= 11 is 11.7. The molecule has 0 aliphatic carbocycles. The van der Waals surface area contributed by atoms with Crippen LogP contribution in [0.4, 0.5) is 0 Å². The molecule has 0 amide bonds. The fraction of sp³-hybridized carbons (Fsp3) is 0.400. The van der Waals surface area contributed by atoms with Gasteiger partial charge >= 0.3 is 0 Å². The molecule has 0 bridgehead atoms. The first-order valence-electron chi connectivity index (χ1n) is 4.46. The van der Waals surface area contributed by atoms with Crippen LogP contribution in [-0.2, 0) is 0 Å². The normalized spacial score (nSPS) is 12.9. The Hall–Kier alpha value is -0.280. The molecule has 1 rings (SSSR count). The van der Waals surface area contributed by atoms with Crippen molar-refractivity contribution in [3.05, 3.63) is 33.8 Å². The maximum Gasteiger partial charge on any atom is 0.0431 e. The first-order valence-corrected chi connectivity index (χ1v) is 5.21. The second kappa shape index (κ2) is 5.56. The number of hydrogen-bond acceptors (Lipinski definition) is 2. The number of halogens is 2.